The van der Waals surface area contributed by atoms with Gasteiger partial charge in [0.2, 0.25) is 0 Å². The Labute approximate surface area is 461 Å². The molecule has 0 aliphatic heterocycles. The van der Waals surface area contributed by atoms with E-state index in [-0.39, 0.29) is 47.0 Å². The minimum atomic E-state index is -0.595. The summed E-state index contributed by atoms with van der Waals surface area (Å²) >= 11 is 0. The highest BCUT2D eigenvalue weighted by molar-refractivity contribution is 5.92. The molecule has 0 heterocycles. The Kier molecular flexibility index (Phi) is 30.6. The van der Waals surface area contributed by atoms with E-state index in [1.165, 1.54) is 0 Å². The molecule has 16 heteroatoms. The van der Waals surface area contributed by atoms with Gasteiger partial charge in [-0.1, -0.05) is 90.8 Å². The number of rotatable bonds is 36. The predicted molar refractivity (Wildman–Crippen MR) is 301 cm³/mol. The first kappa shape index (κ1) is 65.0. The fourth-order valence-electron chi connectivity index (χ4n) is 6.68. The predicted octanol–water partition coefficient (Wildman–Crippen LogP) is 12.6. The van der Waals surface area contributed by atoms with E-state index >= 15 is 0 Å². The SMILES string of the molecule is C=C(C)C(=O)Oc1cc(-c2ccc(OCCCCCC)cc2OC(=O)C(=C)C)ccc1OCCOC.C=C(C)C(=O)Oc1cc(-c2ccc(OCCCCCC)cc2OC(=O)C(=C)C)ccc1OCCOCCOCCOC. The number of hydrogen-bond acceptors (Lipinski definition) is 16. The number of ether oxygens (including phenoxy) is 12. The van der Waals surface area contributed by atoms with Crippen molar-refractivity contribution in [1.29, 1.82) is 0 Å². The van der Waals surface area contributed by atoms with Crippen molar-refractivity contribution in [3.63, 3.8) is 0 Å². The van der Waals surface area contributed by atoms with Crippen LogP contribution in [0.4, 0.5) is 0 Å². The van der Waals surface area contributed by atoms with Crippen LogP contribution in [0.3, 0.4) is 0 Å². The van der Waals surface area contributed by atoms with E-state index in [1.807, 2.05) is 12.1 Å². The highest BCUT2D eigenvalue weighted by atomic mass is 16.6. The third kappa shape index (κ3) is 24.0. The molecule has 0 radical (unpaired) electrons. The fourth-order valence-corrected chi connectivity index (χ4v) is 6.68. The topological polar surface area (TPSA) is 179 Å². The zero-order valence-corrected chi connectivity index (χ0v) is 47.0. The van der Waals surface area contributed by atoms with Crippen LogP contribution in [0.15, 0.2) is 121 Å². The van der Waals surface area contributed by atoms with Gasteiger partial charge < -0.3 is 56.8 Å². The lowest BCUT2D eigenvalue weighted by atomic mass is 10.0. The van der Waals surface area contributed by atoms with Crippen molar-refractivity contribution in [3.05, 3.63) is 121 Å². The first-order valence-corrected chi connectivity index (χ1v) is 26.2. The Morgan fingerprint density at radius 3 is 1.08 bits per heavy atom. The third-order valence-corrected chi connectivity index (χ3v) is 11.0. The summed E-state index contributed by atoms with van der Waals surface area (Å²) < 4.78 is 66.6. The number of carbonyl (C=O) groups excluding carboxylic acids is 4. The Morgan fingerprint density at radius 1 is 0.359 bits per heavy atom. The van der Waals surface area contributed by atoms with Crippen LogP contribution in [-0.4, -0.2) is 104 Å². The summed E-state index contributed by atoms with van der Waals surface area (Å²) in [5.74, 6) is 0.609. The molecule has 78 heavy (non-hydrogen) atoms. The molecule has 4 aromatic carbocycles. The van der Waals surface area contributed by atoms with E-state index in [9.17, 15) is 19.2 Å². The molecule has 4 rings (SSSR count). The number of benzene rings is 4. The third-order valence-electron chi connectivity index (χ3n) is 11.0. The van der Waals surface area contributed by atoms with E-state index < -0.39 is 23.9 Å². The maximum Gasteiger partial charge on any atom is 0.338 e. The largest absolute Gasteiger partial charge is 0.493 e. The number of carbonyl (C=O) groups is 4. The van der Waals surface area contributed by atoms with Crippen molar-refractivity contribution < 1.29 is 76.0 Å². The van der Waals surface area contributed by atoms with Crippen molar-refractivity contribution in [2.24, 2.45) is 0 Å². The molecule has 0 spiro atoms. The Balaban J connectivity index is 0.000000415. The summed E-state index contributed by atoms with van der Waals surface area (Å²) in [7, 11) is 3.19. The molecular formula is C62H80O16. The summed E-state index contributed by atoms with van der Waals surface area (Å²) in [5.41, 5.74) is 3.51. The van der Waals surface area contributed by atoms with Gasteiger partial charge >= 0.3 is 23.9 Å². The van der Waals surface area contributed by atoms with Gasteiger partial charge in [-0.05, 0) is 100 Å². The smallest absolute Gasteiger partial charge is 0.338 e. The average molecular weight is 1080 g/mol. The van der Waals surface area contributed by atoms with Crippen LogP contribution in [0.1, 0.15) is 92.9 Å². The molecule has 0 fully saturated rings. The highest BCUT2D eigenvalue weighted by Crippen LogP contribution is 2.41. The Hall–Kier alpha value is -7.24. The fraction of sp³-hybridized carbons (Fsp3) is 0.419. The van der Waals surface area contributed by atoms with Crippen molar-refractivity contribution in [2.75, 3.05) is 80.3 Å². The minimum absolute atomic E-state index is 0.192. The first-order chi connectivity index (χ1) is 37.5. The van der Waals surface area contributed by atoms with E-state index in [1.54, 1.807) is 103 Å². The second-order valence-corrected chi connectivity index (χ2v) is 18.0. The maximum atomic E-state index is 12.5. The lowest BCUT2D eigenvalue weighted by Crippen LogP contribution is -2.13. The molecule has 0 amide bonds. The van der Waals surface area contributed by atoms with Crippen LogP contribution in [0.25, 0.3) is 22.3 Å². The lowest BCUT2D eigenvalue weighted by Gasteiger charge is -2.16. The van der Waals surface area contributed by atoms with E-state index in [2.05, 4.69) is 40.2 Å². The minimum Gasteiger partial charge on any atom is -0.493 e. The van der Waals surface area contributed by atoms with Crippen LogP contribution in [0.5, 0.6) is 46.0 Å². The molecule has 16 nitrogen and oxygen atoms in total. The van der Waals surface area contributed by atoms with Crippen LogP contribution >= 0.6 is 0 Å². The number of hydrogen-bond donors (Lipinski definition) is 0. The van der Waals surface area contributed by atoms with Gasteiger partial charge in [0.15, 0.2) is 23.0 Å². The van der Waals surface area contributed by atoms with Crippen LogP contribution in [0, 0.1) is 0 Å². The molecule has 4 aromatic rings. The van der Waals surface area contributed by atoms with Crippen molar-refractivity contribution >= 4 is 23.9 Å². The molecule has 0 bridgehead atoms. The number of unbranched alkanes of at least 4 members (excludes halogenated alkanes) is 6. The Morgan fingerprint density at radius 2 is 0.705 bits per heavy atom. The first-order valence-electron chi connectivity index (χ1n) is 26.2. The molecule has 0 unspecified atom stereocenters. The van der Waals surface area contributed by atoms with Gasteiger partial charge in [0.05, 0.1) is 52.9 Å². The standard InChI is InChI=1S/C33H44O9.C29H36O7/c1-7-8-9-10-15-39-27-12-13-28(30(23-27)41-32(34)24(2)3)26-11-14-29(31(22-26)42-33(35)25(4)5)40-21-20-38-19-18-37-17-16-36-6;1-7-8-9-10-15-33-23-12-13-24(26(19-23)35-28(30)20(2)3)22-11-14-25(34-17-16-32-6)27(18-22)36-29(31)21(4)5/h11-14,22-23H,2,4,7-10,15-21H2,1,3,5-6H3;11-14,18-19H,2,4,7-10,15-17H2,1,3,5-6H3. The van der Waals surface area contributed by atoms with Gasteiger partial charge in [-0.2, -0.15) is 0 Å². The summed E-state index contributed by atoms with van der Waals surface area (Å²) in [6.07, 6.45) is 8.66. The van der Waals surface area contributed by atoms with Crippen LogP contribution in [0.2, 0.25) is 0 Å². The van der Waals surface area contributed by atoms with Crippen LogP contribution in [-0.2, 0) is 38.1 Å². The van der Waals surface area contributed by atoms with Crippen LogP contribution < -0.4 is 37.9 Å². The molecule has 0 aromatic heterocycles. The number of methoxy groups -OCH3 is 2. The second-order valence-electron chi connectivity index (χ2n) is 18.0. The molecule has 0 atom stereocenters. The van der Waals surface area contributed by atoms with Gasteiger partial charge in [0, 0.05) is 59.8 Å². The second kappa shape index (κ2) is 36.7. The van der Waals surface area contributed by atoms with Crippen molar-refractivity contribution in [1.82, 2.24) is 0 Å². The summed E-state index contributed by atoms with van der Waals surface area (Å²) in [4.78, 5) is 49.5. The van der Waals surface area contributed by atoms with Gasteiger partial charge in [-0.25, -0.2) is 19.2 Å². The Bertz CT molecular complexity index is 2600. The monoisotopic (exact) mass is 1080 g/mol. The zero-order chi connectivity index (χ0) is 57.2. The molecule has 0 N–H and O–H groups in total. The molecular weight excluding hydrogens is 1000 g/mol. The van der Waals surface area contributed by atoms with Gasteiger partial charge in [0.25, 0.3) is 0 Å². The average Bonchev–Trinajstić information content (AvgIpc) is 3.41. The number of esters is 4. The normalized spacial score (nSPS) is 10.6. The summed E-state index contributed by atoms with van der Waals surface area (Å²) in [6, 6.07) is 20.8. The van der Waals surface area contributed by atoms with Gasteiger partial charge in [0.1, 0.15) is 36.2 Å². The molecule has 0 aliphatic rings. The van der Waals surface area contributed by atoms with E-state index in [4.69, 9.17) is 56.8 Å². The van der Waals surface area contributed by atoms with Crippen molar-refractivity contribution in [2.45, 2.75) is 92.9 Å². The lowest BCUT2D eigenvalue weighted by molar-refractivity contribution is -0.131. The molecule has 0 aliphatic carbocycles. The quantitative estimate of drug-likeness (QED) is 0.0181. The maximum absolute atomic E-state index is 12.5. The summed E-state index contributed by atoms with van der Waals surface area (Å²) in [6.45, 7) is 29.4. The van der Waals surface area contributed by atoms with Gasteiger partial charge in [-0.3, -0.25) is 0 Å². The zero-order valence-electron chi connectivity index (χ0n) is 47.0. The van der Waals surface area contributed by atoms with E-state index in [0.717, 1.165) is 51.4 Å². The molecule has 0 saturated carbocycles. The summed E-state index contributed by atoms with van der Waals surface area (Å²) in [5, 5.41) is 0. The van der Waals surface area contributed by atoms with E-state index in [0.29, 0.717) is 110 Å². The van der Waals surface area contributed by atoms with Crippen molar-refractivity contribution in [3.8, 4) is 68.2 Å². The highest BCUT2D eigenvalue weighted by Gasteiger charge is 2.20. The van der Waals surface area contributed by atoms with Gasteiger partial charge in [-0.15, -0.1) is 0 Å². The molecule has 424 valence electrons. The molecule has 0 saturated heterocycles.